The Bertz CT molecular complexity index is 212. The van der Waals surface area contributed by atoms with E-state index >= 15 is 0 Å². The minimum atomic E-state index is -0.191. The van der Waals surface area contributed by atoms with Gasteiger partial charge in [-0.3, -0.25) is 0 Å². The first-order valence-corrected chi connectivity index (χ1v) is 6.16. The van der Waals surface area contributed by atoms with E-state index in [9.17, 15) is 4.79 Å². The van der Waals surface area contributed by atoms with Crippen LogP contribution in [-0.2, 0) is 9.47 Å². The fraction of sp³-hybridized carbons (Fsp3) is 0.917. The third-order valence-electron chi connectivity index (χ3n) is 2.92. The molecule has 1 aliphatic rings. The SMILES string of the molecule is CCOC(=O)N(CC1CCOCC1)C(C)C. The van der Waals surface area contributed by atoms with Crippen LogP contribution < -0.4 is 0 Å². The molecule has 1 rings (SSSR count). The van der Waals surface area contributed by atoms with Crippen molar-refractivity contribution in [3.63, 3.8) is 0 Å². The molecule has 4 nitrogen and oxygen atoms in total. The van der Waals surface area contributed by atoms with Gasteiger partial charge in [-0.1, -0.05) is 0 Å². The van der Waals surface area contributed by atoms with Crippen LogP contribution in [0.4, 0.5) is 4.79 Å². The highest BCUT2D eigenvalue weighted by Gasteiger charge is 2.23. The monoisotopic (exact) mass is 229 g/mol. The van der Waals surface area contributed by atoms with Gasteiger partial charge in [-0.2, -0.15) is 0 Å². The van der Waals surface area contributed by atoms with E-state index in [-0.39, 0.29) is 12.1 Å². The molecule has 0 atom stereocenters. The second kappa shape index (κ2) is 6.74. The highest BCUT2D eigenvalue weighted by molar-refractivity contribution is 5.67. The summed E-state index contributed by atoms with van der Waals surface area (Å²) in [5, 5.41) is 0. The first kappa shape index (κ1) is 13.3. The quantitative estimate of drug-likeness (QED) is 0.742. The summed E-state index contributed by atoms with van der Waals surface area (Å²) >= 11 is 0. The first-order chi connectivity index (χ1) is 7.65. The van der Waals surface area contributed by atoms with Crippen LogP contribution >= 0.6 is 0 Å². The van der Waals surface area contributed by atoms with Gasteiger partial charge in [0.05, 0.1) is 6.61 Å². The lowest BCUT2D eigenvalue weighted by Gasteiger charge is -2.31. The molecule has 0 aromatic rings. The molecule has 94 valence electrons. The van der Waals surface area contributed by atoms with E-state index in [1.54, 1.807) is 0 Å². The maximum absolute atomic E-state index is 11.7. The number of nitrogens with zero attached hydrogens (tertiary/aromatic N) is 1. The molecule has 0 spiro atoms. The van der Waals surface area contributed by atoms with E-state index in [1.165, 1.54) is 0 Å². The molecule has 1 saturated heterocycles. The molecular weight excluding hydrogens is 206 g/mol. The highest BCUT2D eigenvalue weighted by atomic mass is 16.6. The molecule has 1 aliphatic heterocycles. The Hall–Kier alpha value is -0.770. The van der Waals surface area contributed by atoms with Crippen molar-refractivity contribution < 1.29 is 14.3 Å². The number of ether oxygens (including phenoxy) is 2. The number of carbonyl (C=O) groups excluding carboxylic acids is 1. The lowest BCUT2D eigenvalue weighted by molar-refractivity contribution is 0.0415. The lowest BCUT2D eigenvalue weighted by Crippen LogP contribution is -2.41. The third kappa shape index (κ3) is 4.00. The predicted molar refractivity (Wildman–Crippen MR) is 62.4 cm³/mol. The van der Waals surface area contributed by atoms with Gasteiger partial charge in [0.25, 0.3) is 0 Å². The van der Waals surface area contributed by atoms with Crippen LogP contribution in [0.3, 0.4) is 0 Å². The van der Waals surface area contributed by atoms with Crippen molar-refractivity contribution >= 4 is 6.09 Å². The molecule has 0 unspecified atom stereocenters. The average Bonchev–Trinajstić information content (AvgIpc) is 2.27. The van der Waals surface area contributed by atoms with Crippen molar-refractivity contribution in [2.24, 2.45) is 5.92 Å². The van der Waals surface area contributed by atoms with Gasteiger partial charge >= 0.3 is 6.09 Å². The Kier molecular flexibility index (Phi) is 5.60. The number of rotatable bonds is 4. The second-order valence-electron chi connectivity index (χ2n) is 4.50. The average molecular weight is 229 g/mol. The van der Waals surface area contributed by atoms with Crippen molar-refractivity contribution in [1.82, 2.24) is 4.90 Å². The minimum Gasteiger partial charge on any atom is -0.450 e. The zero-order valence-corrected chi connectivity index (χ0v) is 10.6. The maximum atomic E-state index is 11.7. The van der Waals surface area contributed by atoms with E-state index < -0.39 is 0 Å². The molecule has 0 radical (unpaired) electrons. The molecule has 0 aromatic carbocycles. The van der Waals surface area contributed by atoms with E-state index in [4.69, 9.17) is 9.47 Å². The summed E-state index contributed by atoms with van der Waals surface area (Å²) in [5.74, 6) is 0.556. The maximum Gasteiger partial charge on any atom is 0.409 e. The van der Waals surface area contributed by atoms with Crippen LogP contribution in [0.15, 0.2) is 0 Å². The van der Waals surface area contributed by atoms with Gasteiger partial charge in [0.2, 0.25) is 0 Å². The smallest absolute Gasteiger partial charge is 0.409 e. The Balaban J connectivity index is 2.46. The summed E-state index contributed by atoms with van der Waals surface area (Å²) in [6.45, 7) is 8.76. The number of carbonyl (C=O) groups is 1. The van der Waals surface area contributed by atoms with Crippen LogP contribution in [0.25, 0.3) is 0 Å². The molecule has 16 heavy (non-hydrogen) atoms. The summed E-state index contributed by atoms with van der Waals surface area (Å²) in [7, 11) is 0. The third-order valence-corrected chi connectivity index (χ3v) is 2.92. The molecule has 0 aromatic heterocycles. The number of hydrogen-bond donors (Lipinski definition) is 0. The predicted octanol–water partition coefficient (Wildman–Crippen LogP) is 2.28. The number of hydrogen-bond acceptors (Lipinski definition) is 3. The summed E-state index contributed by atoms with van der Waals surface area (Å²) in [6.07, 6.45) is 1.90. The zero-order chi connectivity index (χ0) is 12.0. The number of amides is 1. The molecule has 0 saturated carbocycles. The normalized spacial score (nSPS) is 17.5. The summed E-state index contributed by atoms with van der Waals surface area (Å²) in [6, 6.07) is 0.196. The van der Waals surface area contributed by atoms with Gasteiger partial charge in [0, 0.05) is 25.8 Å². The Morgan fingerprint density at radius 2 is 2.06 bits per heavy atom. The van der Waals surface area contributed by atoms with E-state index in [0.29, 0.717) is 12.5 Å². The Labute approximate surface area is 97.9 Å². The van der Waals surface area contributed by atoms with Gasteiger partial charge in [0.1, 0.15) is 0 Å². The fourth-order valence-electron chi connectivity index (χ4n) is 1.91. The highest BCUT2D eigenvalue weighted by Crippen LogP contribution is 2.17. The van der Waals surface area contributed by atoms with Gasteiger partial charge in [-0.05, 0) is 39.5 Å². The molecule has 0 N–H and O–H groups in total. The molecular formula is C12H23NO3. The largest absolute Gasteiger partial charge is 0.450 e. The second-order valence-corrected chi connectivity index (χ2v) is 4.50. The van der Waals surface area contributed by atoms with Crippen LogP contribution in [0.5, 0.6) is 0 Å². The summed E-state index contributed by atoms with van der Waals surface area (Å²) in [4.78, 5) is 13.5. The van der Waals surface area contributed by atoms with E-state index in [2.05, 4.69) is 0 Å². The van der Waals surface area contributed by atoms with Crippen molar-refractivity contribution in [2.75, 3.05) is 26.4 Å². The van der Waals surface area contributed by atoms with Crippen LogP contribution in [-0.4, -0.2) is 43.4 Å². The molecule has 0 aliphatic carbocycles. The van der Waals surface area contributed by atoms with Crippen LogP contribution in [0, 0.1) is 5.92 Å². The van der Waals surface area contributed by atoms with Crippen molar-refractivity contribution in [3.05, 3.63) is 0 Å². The van der Waals surface area contributed by atoms with Crippen molar-refractivity contribution in [1.29, 1.82) is 0 Å². The Morgan fingerprint density at radius 1 is 1.44 bits per heavy atom. The lowest BCUT2D eigenvalue weighted by atomic mass is 9.99. The van der Waals surface area contributed by atoms with E-state index in [1.807, 2.05) is 25.7 Å². The minimum absolute atomic E-state index is 0.191. The molecule has 4 heteroatoms. The molecule has 1 heterocycles. The molecule has 1 fully saturated rings. The molecule has 0 bridgehead atoms. The topological polar surface area (TPSA) is 38.8 Å². The van der Waals surface area contributed by atoms with Crippen molar-refractivity contribution in [3.8, 4) is 0 Å². The van der Waals surface area contributed by atoms with Gasteiger partial charge in [-0.15, -0.1) is 0 Å². The van der Waals surface area contributed by atoms with Crippen molar-refractivity contribution in [2.45, 2.75) is 39.7 Å². The van der Waals surface area contributed by atoms with E-state index in [0.717, 1.165) is 32.6 Å². The Morgan fingerprint density at radius 3 is 2.56 bits per heavy atom. The van der Waals surface area contributed by atoms with Crippen LogP contribution in [0.2, 0.25) is 0 Å². The zero-order valence-electron chi connectivity index (χ0n) is 10.6. The first-order valence-electron chi connectivity index (χ1n) is 6.16. The van der Waals surface area contributed by atoms with Gasteiger partial charge < -0.3 is 14.4 Å². The van der Waals surface area contributed by atoms with Gasteiger partial charge in [0.15, 0.2) is 0 Å². The fourth-order valence-corrected chi connectivity index (χ4v) is 1.91. The summed E-state index contributed by atoms with van der Waals surface area (Å²) < 4.78 is 10.4. The standard InChI is InChI=1S/C12H23NO3/c1-4-16-12(14)13(10(2)3)9-11-5-7-15-8-6-11/h10-11H,4-9H2,1-3H3. The summed E-state index contributed by atoms with van der Waals surface area (Å²) in [5.41, 5.74) is 0. The van der Waals surface area contributed by atoms with Gasteiger partial charge in [-0.25, -0.2) is 4.79 Å². The van der Waals surface area contributed by atoms with Crippen LogP contribution in [0.1, 0.15) is 33.6 Å². The molecule has 1 amide bonds.